The van der Waals surface area contributed by atoms with E-state index in [2.05, 4.69) is 15.6 Å². The van der Waals surface area contributed by atoms with E-state index in [0.29, 0.717) is 22.2 Å². The lowest BCUT2D eigenvalue weighted by Gasteiger charge is -2.09. The van der Waals surface area contributed by atoms with E-state index in [1.54, 1.807) is 25.1 Å². The fourth-order valence-corrected chi connectivity index (χ4v) is 2.02. The number of methoxy groups -OCH3 is 1. The molecule has 2 rings (SSSR count). The molecule has 2 N–H and O–H groups in total. The number of carbonyl (C=O) groups is 1. The number of carbonyl (C=O) groups excluding carboxylic acids is 1. The van der Waals surface area contributed by atoms with Gasteiger partial charge in [0.1, 0.15) is 11.4 Å². The molecule has 0 bridgehead atoms. The van der Waals surface area contributed by atoms with Crippen LogP contribution in [0.3, 0.4) is 0 Å². The fraction of sp³-hybridized carbons (Fsp3) is 0.308. The van der Waals surface area contributed by atoms with Crippen LogP contribution in [0.1, 0.15) is 16.2 Å². The quantitative estimate of drug-likeness (QED) is 0.858. The number of ether oxygens (including phenoxy) is 1. The lowest BCUT2D eigenvalue weighted by molar-refractivity contribution is 0.0939. The molecule has 0 saturated heterocycles. The van der Waals surface area contributed by atoms with Gasteiger partial charge in [-0.1, -0.05) is 16.8 Å². The van der Waals surface area contributed by atoms with Crippen molar-refractivity contribution in [2.24, 2.45) is 0 Å². The number of benzene rings is 1. The number of aliphatic hydroxyl groups excluding tert-OH is 1. The van der Waals surface area contributed by atoms with E-state index >= 15 is 0 Å². The highest BCUT2D eigenvalue weighted by Crippen LogP contribution is 2.27. The molecule has 1 heterocycles. The van der Waals surface area contributed by atoms with Gasteiger partial charge in [-0.2, -0.15) is 0 Å². The number of nitrogens with one attached hydrogen (secondary N) is 1. The van der Waals surface area contributed by atoms with Gasteiger partial charge in [0.25, 0.3) is 5.91 Å². The molecule has 0 atom stereocenters. The van der Waals surface area contributed by atoms with E-state index in [0.717, 1.165) is 0 Å². The second-order valence-electron chi connectivity index (χ2n) is 4.23. The average Bonchev–Trinajstić information content (AvgIpc) is 2.86. The molecule has 7 nitrogen and oxygen atoms in total. The van der Waals surface area contributed by atoms with Crippen LogP contribution in [0.4, 0.5) is 0 Å². The van der Waals surface area contributed by atoms with Crippen LogP contribution in [0, 0.1) is 6.92 Å². The molecule has 1 aromatic heterocycles. The van der Waals surface area contributed by atoms with Crippen molar-refractivity contribution in [2.75, 3.05) is 20.3 Å². The highest BCUT2D eigenvalue weighted by atomic mass is 35.5. The molecule has 0 fully saturated rings. The molecule has 0 aliphatic rings. The molecule has 1 aromatic carbocycles. The van der Waals surface area contributed by atoms with E-state index in [1.165, 1.54) is 11.8 Å². The minimum atomic E-state index is -0.395. The molecule has 0 saturated carbocycles. The molecule has 112 valence electrons. The molecule has 0 spiro atoms. The summed E-state index contributed by atoms with van der Waals surface area (Å²) in [6.45, 7) is 1.74. The Balaban J connectivity index is 2.41. The highest BCUT2D eigenvalue weighted by molar-refractivity contribution is 6.30. The number of halogens is 1. The second kappa shape index (κ2) is 6.55. The first-order chi connectivity index (χ1) is 10.1. The number of hydrogen-bond donors (Lipinski definition) is 2. The van der Waals surface area contributed by atoms with Crippen molar-refractivity contribution in [3.8, 4) is 11.4 Å². The van der Waals surface area contributed by atoms with Crippen LogP contribution >= 0.6 is 11.6 Å². The van der Waals surface area contributed by atoms with Crippen molar-refractivity contribution < 1.29 is 14.6 Å². The van der Waals surface area contributed by atoms with Crippen molar-refractivity contribution in [1.82, 2.24) is 20.3 Å². The number of hydrogen-bond acceptors (Lipinski definition) is 5. The van der Waals surface area contributed by atoms with Crippen LogP contribution in [0.5, 0.6) is 5.75 Å². The van der Waals surface area contributed by atoms with Crippen LogP contribution < -0.4 is 10.1 Å². The summed E-state index contributed by atoms with van der Waals surface area (Å²) < 4.78 is 6.75. The topological polar surface area (TPSA) is 89.3 Å². The Morgan fingerprint density at radius 2 is 2.29 bits per heavy atom. The summed E-state index contributed by atoms with van der Waals surface area (Å²) >= 11 is 5.99. The molecular weight excluding hydrogens is 296 g/mol. The summed E-state index contributed by atoms with van der Waals surface area (Å²) in [4.78, 5) is 11.9. The summed E-state index contributed by atoms with van der Waals surface area (Å²) in [5.74, 6) is 0.170. The van der Waals surface area contributed by atoms with Gasteiger partial charge in [0.15, 0.2) is 5.69 Å². The number of rotatable bonds is 5. The number of aromatic nitrogens is 3. The summed E-state index contributed by atoms with van der Waals surface area (Å²) in [5, 5.41) is 19.6. The molecule has 0 aliphatic heterocycles. The van der Waals surface area contributed by atoms with E-state index in [9.17, 15) is 4.79 Å². The van der Waals surface area contributed by atoms with Gasteiger partial charge >= 0.3 is 0 Å². The van der Waals surface area contributed by atoms with Crippen LogP contribution in [-0.2, 0) is 0 Å². The van der Waals surface area contributed by atoms with Crippen LogP contribution in [-0.4, -0.2) is 46.3 Å². The Kier molecular flexibility index (Phi) is 4.77. The van der Waals surface area contributed by atoms with E-state index in [4.69, 9.17) is 21.4 Å². The van der Waals surface area contributed by atoms with Crippen LogP contribution in [0.2, 0.25) is 5.02 Å². The fourth-order valence-electron chi connectivity index (χ4n) is 1.85. The van der Waals surface area contributed by atoms with Crippen molar-refractivity contribution >= 4 is 17.5 Å². The zero-order valence-corrected chi connectivity index (χ0v) is 12.4. The lowest BCUT2D eigenvalue weighted by Crippen LogP contribution is -2.27. The normalized spacial score (nSPS) is 10.5. The molecule has 2 aromatic rings. The standard InChI is InChI=1S/C13H15ClN4O3/c1-8-12(13(20)15-5-6-19)16-17-18(8)10-7-9(14)3-4-11(10)21-2/h3-4,7,19H,5-6H2,1-2H3,(H,15,20). The van der Waals surface area contributed by atoms with Gasteiger partial charge in [0, 0.05) is 11.6 Å². The molecule has 21 heavy (non-hydrogen) atoms. The van der Waals surface area contributed by atoms with Crippen molar-refractivity contribution in [1.29, 1.82) is 0 Å². The van der Waals surface area contributed by atoms with Gasteiger partial charge in [-0.15, -0.1) is 5.10 Å². The molecule has 0 aliphatic carbocycles. The summed E-state index contributed by atoms with van der Waals surface area (Å²) in [5.41, 5.74) is 1.33. The summed E-state index contributed by atoms with van der Waals surface area (Å²) in [6, 6.07) is 5.09. The maximum Gasteiger partial charge on any atom is 0.273 e. The van der Waals surface area contributed by atoms with Gasteiger partial charge in [-0.3, -0.25) is 4.79 Å². The maximum absolute atomic E-state index is 11.9. The number of nitrogens with zero attached hydrogens (tertiary/aromatic N) is 3. The first-order valence-electron chi connectivity index (χ1n) is 6.23. The molecule has 8 heteroatoms. The average molecular weight is 311 g/mol. The summed E-state index contributed by atoms with van der Waals surface area (Å²) in [7, 11) is 1.54. The minimum absolute atomic E-state index is 0.138. The van der Waals surface area contributed by atoms with E-state index in [-0.39, 0.29) is 18.8 Å². The maximum atomic E-state index is 11.9. The first kappa shape index (κ1) is 15.3. The van der Waals surface area contributed by atoms with Gasteiger partial charge in [0.2, 0.25) is 0 Å². The summed E-state index contributed by atoms with van der Waals surface area (Å²) in [6.07, 6.45) is 0. The molecular formula is C13H15ClN4O3. The Morgan fingerprint density at radius 3 is 2.95 bits per heavy atom. The van der Waals surface area contributed by atoms with Crippen molar-refractivity contribution in [2.45, 2.75) is 6.92 Å². The third kappa shape index (κ3) is 3.14. The van der Waals surface area contributed by atoms with Gasteiger partial charge in [0.05, 0.1) is 19.4 Å². The molecule has 0 radical (unpaired) electrons. The second-order valence-corrected chi connectivity index (χ2v) is 4.67. The first-order valence-corrected chi connectivity index (χ1v) is 6.61. The zero-order valence-electron chi connectivity index (χ0n) is 11.6. The number of aliphatic hydroxyl groups is 1. The smallest absolute Gasteiger partial charge is 0.273 e. The Labute approximate surface area is 126 Å². The van der Waals surface area contributed by atoms with Crippen LogP contribution in [0.15, 0.2) is 18.2 Å². The Morgan fingerprint density at radius 1 is 1.52 bits per heavy atom. The van der Waals surface area contributed by atoms with Gasteiger partial charge < -0.3 is 15.2 Å². The van der Waals surface area contributed by atoms with Crippen molar-refractivity contribution in [3.63, 3.8) is 0 Å². The highest BCUT2D eigenvalue weighted by Gasteiger charge is 2.19. The Bertz CT molecular complexity index is 657. The van der Waals surface area contributed by atoms with E-state index in [1.807, 2.05) is 0 Å². The minimum Gasteiger partial charge on any atom is -0.494 e. The predicted molar refractivity (Wildman–Crippen MR) is 77.1 cm³/mol. The largest absolute Gasteiger partial charge is 0.494 e. The zero-order chi connectivity index (χ0) is 15.4. The van der Waals surface area contributed by atoms with Crippen LogP contribution in [0.25, 0.3) is 5.69 Å². The predicted octanol–water partition coefficient (Wildman–Crippen LogP) is 0.960. The molecule has 0 unspecified atom stereocenters. The number of amides is 1. The Hall–Kier alpha value is -2.12. The van der Waals surface area contributed by atoms with E-state index < -0.39 is 5.91 Å². The molecule has 1 amide bonds. The third-order valence-electron chi connectivity index (χ3n) is 2.88. The lowest BCUT2D eigenvalue weighted by atomic mass is 10.2. The third-order valence-corrected chi connectivity index (χ3v) is 3.11. The SMILES string of the molecule is COc1ccc(Cl)cc1-n1nnc(C(=O)NCCO)c1C. The van der Waals surface area contributed by atoms with Gasteiger partial charge in [-0.05, 0) is 25.1 Å². The van der Waals surface area contributed by atoms with Gasteiger partial charge in [-0.25, -0.2) is 4.68 Å². The van der Waals surface area contributed by atoms with Crippen molar-refractivity contribution in [3.05, 3.63) is 34.6 Å². The monoisotopic (exact) mass is 310 g/mol.